The number of aryl methyl sites for hydroxylation is 1. The third-order valence-electron chi connectivity index (χ3n) is 2.10. The maximum absolute atomic E-state index is 5.42. The SMILES string of the molecule is Cc1ccncc1C1CN=C(N)O1. The first-order valence-electron chi connectivity index (χ1n) is 4.14. The Kier molecular flexibility index (Phi) is 1.88. The summed E-state index contributed by atoms with van der Waals surface area (Å²) in [6.07, 6.45) is 3.51. The predicted molar refractivity (Wildman–Crippen MR) is 49.3 cm³/mol. The highest BCUT2D eigenvalue weighted by molar-refractivity contribution is 5.73. The van der Waals surface area contributed by atoms with E-state index in [-0.39, 0.29) is 12.1 Å². The smallest absolute Gasteiger partial charge is 0.282 e. The van der Waals surface area contributed by atoms with Crippen molar-refractivity contribution < 1.29 is 4.74 Å². The van der Waals surface area contributed by atoms with E-state index in [9.17, 15) is 0 Å². The van der Waals surface area contributed by atoms with Gasteiger partial charge in [-0.05, 0) is 18.6 Å². The maximum atomic E-state index is 5.42. The van der Waals surface area contributed by atoms with Crippen molar-refractivity contribution in [3.05, 3.63) is 29.6 Å². The second-order valence-electron chi connectivity index (χ2n) is 3.02. The van der Waals surface area contributed by atoms with Crippen LogP contribution < -0.4 is 5.73 Å². The normalized spacial score (nSPS) is 21.0. The van der Waals surface area contributed by atoms with E-state index in [0.29, 0.717) is 6.54 Å². The van der Waals surface area contributed by atoms with Crippen LogP contribution in [0.2, 0.25) is 0 Å². The first-order valence-corrected chi connectivity index (χ1v) is 4.14. The summed E-state index contributed by atoms with van der Waals surface area (Å²) in [6, 6.07) is 2.22. The number of aromatic nitrogens is 1. The highest BCUT2D eigenvalue weighted by Crippen LogP contribution is 2.23. The van der Waals surface area contributed by atoms with Crippen LogP contribution in [0.4, 0.5) is 0 Å². The van der Waals surface area contributed by atoms with Gasteiger partial charge in [-0.1, -0.05) is 0 Å². The molecule has 0 spiro atoms. The first kappa shape index (κ1) is 8.04. The van der Waals surface area contributed by atoms with Crippen LogP contribution in [-0.2, 0) is 4.74 Å². The monoisotopic (exact) mass is 177 g/mol. The van der Waals surface area contributed by atoms with Crippen LogP contribution in [0.25, 0.3) is 0 Å². The molecule has 68 valence electrons. The standard InChI is InChI=1S/C9H11N3O/c1-6-2-3-11-4-7(6)8-5-12-9(10)13-8/h2-4,8H,5H2,1H3,(H2,10,12). The molecule has 0 saturated heterocycles. The van der Waals surface area contributed by atoms with Crippen LogP contribution in [0.5, 0.6) is 0 Å². The number of ether oxygens (including phenoxy) is 1. The summed E-state index contributed by atoms with van der Waals surface area (Å²) >= 11 is 0. The molecule has 0 saturated carbocycles. The molecule has 1 aliphatic heterocycles. The fourth-order valence-corrected chi connectivity index (χ4v) is 1.37. The van der Waals surface area contributed by atoms with Gasteiger partial charge in [0.2, 0.25) is 0 Å². The zero-order valence-electron chi connectivity index (χ0n) is 7.40. The summed E-state index contributed by atoms with van der Waals surface area (Å²) in [5, 5.41) is 0. The molecule has 2 N–H and O–H groups in total. The number of hydrogen-bond donors (Lipinski definition) is 1. The van der Waals surface area contributed by atoms with Gasteiger partial charge in [-0.15, -0.1) is 0 Å². The number of pyridine rings is 1. The van der Waals surface area contributed by atoms with E-state index in [1.54, 1.807) is 12.4 Å². The largest absolute Gasteiger partial charge is 0.455 e. The highest BCUT2D eigenvalue weighted by atomic mass is 16.5. The molecule has 13 heavy (non-hydrogen) atoms. The molecule has 2 rings (SSSR count). The van der Waals surface area contributed by atoms with Gasteiger partial charge in [0.15, 0.2) is 0 Å². The van der Waals surface area contributed by atoms with Crippen LogP contribution in [0.1, 0.15) is 17.2 Å². The van der Waals surface area contributed by atoms with E-state index in [4.69, 9.17) is 10.5 Å². The Balaban J connectivity index is 2.23. The van der Waals surface area contributed by atoms with E-state index in [2.05, 4.69) is 9.98 Å². The summed E-state index contributed by atoms with van der Waals surface area (Å²) < 4.78 is 5.32. The average molecular weight is 177 g/mol. The van der Waals surface area contributed by atoms with Crippen molar-refractivity contribution in [2.45, 2.75) is 13.0 Å². The van der Waals surface area contributed by atoms with Crippen LogP contribution in [0.3, 0.4) is 0 Å². The number of amidine groups is 1. The molecule has 1 aliphatic rings. The van der Waals surface area contributed by atoms with Crippen molar-refractivity contribution in [3.63, 3.8) is 0 Å². The van der Waals surface area contributed by atoms with Crippen molar-refractivity contribution in [1.82, 2.24) is 4.98 Å². The Hall–Kier alpha value is -1.58. The summed E-state index contributed by atoms with van der Waals surface area (Å²) in [7, 11) is 0. The molecular weight excluding hydrogens is 166 g/mol. The lowest BCUT2D eigenvalue weighted by atomic mass is 10.1. The number of rotatable bonds is 1. The Morgan fingerprint density at radius 2 is 2.46 bits per heavy atom. The Morgan fingerprint density at radius 3 is 3.08 bits per heavy atom. The van der Waals surface area contributed by atoms with Crippen molar-refractivity contribution in [1.29, 1.82) is 0 Å². The minimum Gasteiger partial charge on any atom is -0.455 e. The second-order valence-corrected chi connectivity index (χ2v) is 3.02. The van der Waals surface area contributed by atoms with Gasteiger partial charge in [0, 0.05) is 18.0 Å². The molecule has 0 bridgehead atoms. The lowest BCUT2D eigenvalue weighted by Gasteiger charge is -2.11. The molecule has 0 aliphatic carbocycles. The van der Waals surface area contributed by atoms with E-state index in [1.807, 2.05) is 13.0 Å². The molecule has 1 aromatic heterocycles. The molecule has 2 heterocycles. The third kappa shape index (κ3) is 1.47. The van der Waals surface area contributed by atoms with Gasteiger partial charge < -0.3 is 10.5 Å². The van der Waals surface area contributed by atoms with Gasteiger partial charge >= 0.3 is 0 Å². The molecule has 4 nitrogen and oxygen atoms in total. The summed E-state index contributed by atoms with van der Waals surface area (Å²) in [5.74, 6) is 0. The quantitative estimate of drug-likeness (QED) is 0.689. The fraction of sp³-hybridized carbons (Fsp3) is 0.333. The Bertz CT molecular complexity index is 348. The molecule has 4 heteroatoms. The number of nitrogens with two attached hydrogens (primary N) is 1. The van der Waals surface area contributed by atoms with Crippen LogP contribution in [-0.4, -0.2) is 17.6 Å². The minimum absolute atomic E-state index is 0.0475. The van der Waals surface area contributed by atoms with Crippen molar-refractivity contribution >= 4 is 6.02 Å². The van der Waals surface area contributed by atoms with Gasteiger partial charge in [-0.3, -0.25) is 4.98 Å². The molecule has 1 atom stereocenters. The lowest BCUT2D eigenvalue weighted by Crippen LogP contribution is -2.13. The van der Waals surface area contributed by atoms with Gasteiger partial charge in [-0.2, -0.15) is 0 Å². The Morgan fingerprint density at radius 1 is 1.62 bits per heavy atom. The minimum atomic E-state index is -0.0475. The van der Waals surface area contributed by atoms with E-state index in [1.165, 1.54) is 0 Å². The summed E-state index contributed by atoms with van der Waals surface area (Å²) in [4.78, 5) is 8.02. The van der Waals surface area contributed by atoms with E-state index >= 15 is 0 Å². The molecule has 0 radical (unpaired) electrons. The van der Waals surface area contributed by atoms with Crippen LogP contribution in [0.15, 0.2) is 23.5 Å². The van der Waals surface area contributed by atoms with Crippen molar-refractivity contribution in [2.24, 2.45) is 10.7 Å². The molecule has 0 fully saturated rings. The lowest BCUT2D eigenvalue weighted by molar-refractivity contribution is 0.225. The third-order valence-corrected chi connectivity index (χ3v) is 2.10. The molecule has 0 amide bonds. The molecular formula is C9H11N3O. The topological polar surface area (TPSA) is 60.5 Å². The zero-order chi connectivity index (χ0) is 9.26. The number of aliphatic imine (C=N–C) groups is 1. The zero-order valence-corrected chi connectivity index (χ0v) is 7.40. The summed E-state index contributed by atoms with van der Waals surface area (Å²) in [5.41, 5.74) is 7.64. The highest BCUT2D eigenvalue weighted by Gasteiger charge is 2.21. The molecule has 1 aromatic rings. The second kappa shape index (κ2) is 3.05. The number of hydrogen-bond acceptors (Lipinski definition) is 4. The Labute approximate surface area is 76.5 Å². The maximum Gasteiger partial charge on any atom is 0.282 e. The van der Waals surface area contributed by atoms with Gasteiger partial charge in [0.05, 0.1) is 6.54 Å². The van der Waals surface area contributed by atoms with Gasteiger partial charge in [0.25, 0.3) is 6.02 Å². The summed E-state index contributed by atoms with van der Waals surface area (Å²) in [6.45, 7) is 2.62. The van der Waals surface area contributed by atoms with E-state index in [0.717, 1.165) is 11.1 Å². The van der Waals surface area contributed by atoms with Crippen LogP contribution >= 0.6 is 0 Å². The first-order chi connectivity index (χ1) is 6.27. The fourth-order valence-electron chi connectivity index (χ4n) is 1.37. The van der Waals surface area contributed by atoms with Crippen molar-refractivity contribution in [2.75, 3.05) is 6.54 Å². The van der Waals surface area contributed by atoms with E-state index < -0.39 is 0 Å². The van der Waals surface area contributed by atoms with Gasteiger partial charge in [0.1, 0.15) is 6.10 Å². The van der Waals surface area contributed by atoms with Crippen LogP contribution in [0, 0.1) is 6.92 Å². The average Bonchev–Trinajstić information content (AvgIpc) is 2.53. The predicted octanol–water partition coefficient (Wildman–Crippen LogP) is 0.776. The molecule has 0 aromatic carbocycles. The molecule has 1 unspecified atom stereocenters. The number of nitrogens with zero attached hydrogens (tertiary/aromatic N) is 2. The van der Waals surface area contributed by atoms with Gasteiger partial charge in [-0.25, -0.2) is 4.99 Å². The van der Waals surface area contributed by atoms with Crippen molar-refractivity contribution in [3.8, 4) is 0 Å².